The predicted molar refractivity (Wildman–Crippen MR) is 98.2 cm³/mol. The number of nitrogens with two attached hydrogens (primary N) is 1. The third kappa shape index (κ3) is 3.57. The van der Waals surface area contributed by atoms with Crippen molar-refractivity contribution in [2.24, 2.45) is 0 Å². The van der Waals surface area contributed by atoms with E-state index < -0.39 is 6.10 Å². The lowest BCUT2D eigenvalue weighted by Gasteiger charge is -2.21. The second kappa shape index (κ2) is 6.70. The average molecular weight is 338 g/mol. The lowest BCUT2D eigenvalue weighted by atomic mass is 10.2. The van der Waals surface area contributed by atoms with Crippen LogP contribution in [0.3, 0.4) is 0 Å². The molecule has 1 saturated heterocycles. The van der Waals surface area contributed by atoms with Crippen molar-refractivity contribution in [1.82, 2.24) is 19.9 Å². The molecule has 2 aromatic heterocycles. The van der Waals surface area contributed by atoms with Crippen LogP contribution in [0.1, 0.15) is 5.69 Å². The van der Waals surface area contributed by atoms with Crippen LogP contribution in [0, 0.1) is 0 Å². The molecule has 130 valence electrons. The van der Waals surface area contributed by atoms with Crippen LogP contribution in [-0.4, -0.2) is 57.2 Å². The third-order valence-electron chi connectivity index (χ3n) is 4.51. The van der Waals surface area contributed by atoms with Crippen LogP contribution < -0.4 is 10.6 Å². The summed E-state index contributed by atoms with van der Waals surface area (Å²) in [6, 6.07) is 12.1. The number of aromatic amines is 1. The second-order valence-corrected chi connectivity index (χ2v) is 6.50. The van der Waals surface area contributed by atoms with E-state index in [2.05, 4.69) is 38.1 Å². The summed E-state index contributed by atoms with van der Waals surface area (Å²) >= 11 is 0. The van der Waals surface area contributed by atoms with Gasteiger partial charge in [-0.2, -0.15) is 4.98 Å². The van der Waals surface area contributed by atoms with Crippen molar-refractivity contribution in [2.75, 3.05) is 36.8 Å². The normalized spacial score (nSPS) is 19.2. The minimum atomic E-state index is -0.461. The minimum Gasteiger partial charge on any atom is -0.390 e. The summed E-state index contributed by atoms with van der Waals surface area (Å²) in [5.41, 5.74) is 8.05. The summed E-state index contributed by atoms with van der Waals surface area (Å²) < 4.78 is 0. The van der Waals surface area contributed by atoms with E-state index in [1.165, 1.54) is 5.39 Å². The monoisotopic (exact) mass is 338 g/mol. The summed E-state index contributed by atoms with van der Waals surface area (Å²) in [7, 11) is 0. The van der Waals surface area contributed by atoms with Crippen molar-refractivity contribution in [2.45, 2.75) is 12.6 Å². The van der Waals surface area contributed by atoms with Crippen molar-refractivity contribution in [3.63, 3.8) is 0 Å². The SMILES string of the molecule is Nc1ccnc(N2CCN(Cc3cc4ccccc4[nH]3)C[C@H](O)C2)n1. The Morgan fingerprint density at radius 3 is 2.92 bits per heavy atom. The molecule has 7 heteroatoms. The molecule has 4 N–H and O–H groups in total. The van der Waals surface area contributed by atoms with Gasteiger partial charge in [0.25, 0.3) is 0 Å². The Balaban J connectivity index is 1.47. The van der Waals surface area contributed by atoms with Crippen LogP contribution >= 0.6 is 0 Å². The first-order chi connectivity index (χ1) is 12.2. The highest BCUT2D eigenvalue weighted by molar-refractivity contribution is 5.80. The first-order valence-corrected chi connectivity index (χ1v) is 8.48. The van der Waals surface area contributed by atoms with Crippen molar-refractivity contribution in [3.8, 4) is 0 Å². The summed E-state index contributed by atoms with van der Waals surface area (Å²) in [5.74, 6) is 1.02. The predicted octanol–water partition coefficient (Wildman–Crippen LogP) is 1.22. The van der Waals surface area contributed by atoms with Gasteiger partial charge in [-0.1, -0.05) is 18.2 Å². The molecule has 25 heavy (non-hydrogen) atoms. The summed E-state index contributed by atoms with van der Waals surface area (Å²) in [6.07, 6.45) is 1.19. The zero-order valence-electron chi connectivity index (χ0n) is 14.0. The largest absolute Gasteiger partial charge is 0.390 e. The smallest absolute Gasteiger partial charge is 0.227 e. The fourth-order valence-corrected chi connectivity index (χ4v) is 3.35. The number of benzene rings is 1. The molecule has 0 amide bonds. The van der Waals surface area contributed by atoms with E-state index in [0.717, 1.165) is 30.8 Å². The molecule has 0 spiro atoms. The standard InChI is InChI=1S/C18H22N6O/c19-17-5-6-20-18(22-17)24-8-7-23(11-15(25)12-24)10-14-9-13-3-1-2-4-16(13)21-14/h1-6,9,15,21,25H,7-8,10-12H2,(H2,19,20,22)/t15-/m0/s1. The molecule has 0 radical (unpaired) electrons. The van der Waals surface area contributed by atoms with Crippen LogP contribution in [0.4, 0.5) is 11.8 Å². The van der Waals surface area contributed by atoms with Crippen molar-refractivity contribution >= 4 is 22.7 Å². The zero-order valence-corrected chi connectivity index (χ0v) is 14.0. The lowest BCUT2D eigenvalue weighted by molar-refractivity contribution is 0.128. The fraction of sp³-hybridized carbons (Fsp3) is 0.333. The molecule has 4 rings (SSSR count). The number of fused-ring (bicyclic) bond motifs is 1. The number of rotatable bonds is 3. The molecule has 7 nitrogen and oxygen atoms in total. The highest BCUT2D eigenvalue weighted by atomic mass is 16.3. The van der Waals surface area contributed by atoms with Gasteiger partial charge in [-0.05, 0) is 23.6 Å². The average Bonchev–Trinajstić information content (AvgIpc) is 2.90. The van der Waals surface area contributed by atoms with Gasteiger partial charge in [-0.3, -0.25) is 4.90 Å². The van der Waals surface area contributed by atoms with Gasteiger partial charge < -0.3 is 20.7 Å². The number of β-amino-alcohol motifs (C(OH)–C–C–N with tert-alkyl or cyclic N) is 1. The number of hydrogen-bond acceptors (Lipinski definition) is 6. The first-order valence-electron chi connectivity index (χ1n) is 8.48. The number of H-pyrrole nitrogens is 1. The van der Waals surface area contributed by atoms with Gasteiger partial charge in [0.1, 0.15) is 5.82 Å². The van der Waals surface area contributed by atoms with Crippen molar-refractivity contribution in [1.29, 1.82) is 0 Å². The van der Waals surface area contributed by atoms with Crippen LogP contribution in [0.2, 0.25) is 0 Å². The number of nitrogen functional groups attached to an aromatic ring is 1. The third-order valence-corrected chi connectivity index (χ3v) is 4.51. The fourth-order valence-electron chi connectivity index (χ4n) is 3.35. The van der Waals surface area contributed by atoms with E-state index in [4.69, 9.17) is 5.73 Å². The number of aliphatic hydroxyl groups is 1. The maximum absolute atomic E-state index is 10.4. The van der Waals surface area contributed by atoms with Gasteiger partial charge in [-0.15, -0.1) is 0 Å². The molecule has 1 aromatic carbocycles. The van der Waals surface area contributed by atoms with Crippen LogP contribution in [0.15, 0.2) is 42.6 Å². The molecule has 0 unspecified atom stereocenters. The van der Waals surface area contributed by atoms with E-state index in [9.17, 15) is 5.11 Å². The molecule has 1 atom stereocenters. The van der Waals surface area contributed by atoms with Gasteiger partial charge >= 0.3 is 0 Å². The number of hydrogen-bond donors (Lipinski definition) is 3. The molecule has 1 aliphatic heterocycles. The Labute approximate surface area is 146 Å². The number of nitrogens with one attached hydrogen (secondary N) is 1. The molecule has 0 saturated carbocycles. The highest BCUT2D eigenvalue weighted by Gasteiger charge is 2.23. The molecule has 0 aliphatic carbocycles. The van der Waals surface area contributed by atoms with E-state index >= 15 is 0 Å². The molecule has 1 aliphatic rings. The molecule has 3 aromatic rings. The van der Waals surface area contributed by atoms with Gasteiger partial charge in [0.2, 0.25) is 5.95 Å². The Morgan fingerprint density at radius 2 is 2.08 bits per heavy atom. The molecule has 1 fully saturated rings. The summed E-state index contributed by atoms with van der Waals surface area (Å²) in [5, 5.41) is 11.6. The molecular weight excluding hydrogens is 316 g/mol. The second-order valence-electron chi connectivity index (χ2n) is 6.50. The maximum Gasteiger partial charge on any atom is 0.227 e. The quantitative estimate of drug-likeness (QED) is 0.665. The minimum absolute atomic E-state index is 0.443. The van der Waals surface area contributed by atoms with E-state index in [1.54, 1.807) is 12.3 Å². The Morgan fingerprint density at radius 1 is 1.20 bits per heavy atom. The van der Waals surface area contributed by atoms with Gasteiger partial charge in [0.15, 0.2) is 0 Å². The summed E-state index contributed by atoms with van der Waals surface area (Å²) in [6.45, 7) is 3.48. The van der Waals surface area contributed by atoms with Gasteiger partial charge in [0.05, 0.1) is 6.10 Å². The number of anilines is 2. The molecular formula is C18H22N6O. The number of aliphatic hydroxyl groups excluding tert-OH is 1. The molecule has 3 heterocycles. The Kier molecular flexibility index (Phi) is 4.25. The number of aromatic nitrogens is 3. The van der Waals surface area contributed by atoms with Crippen LogP contribution in [0.25, 0.3) is 10.9 Å². The van der Waals surface area contributed by atoms with Crippen LogP contribution in [-0.2, 0) is 6.54 Å². The van der Waals surface area contributed by atoms with E-state index in [0.29, 0.717) is 24.9 Å². The number of nitrogens with zero attached hydrogens (tertiary/aromatic N) is 4. The van der Waals surface area contributed by atoms with E-state index in [-0.39, 0.29) is 0 Å². The first kappa shape index (κ1) is 15.9. The zero-order chi connectivity index (χ0) is 17.2. The van der Waals surface area contributed by atoms with Crippen LogP contribution in [0.5, 0.6) is 0 Å². The molecule has 0 bridgehead atoms. The topological polar surface area (TPSA) is 94.3 Å². The van der Waals surface area contributed by atoms with Gasteiger partial charge in [0, 0.05) is 50.1 Å². The van der Waals surface area contributed by atoms with E-state index in [1.807, 2.05) is 17.0 Å². The highest BCUT2D eigenvalue weighted by Crippen LogP contribution is 2.18. The summed E-state index contributed by atoms with van der Waals surface area (Å²) in [4.78, 5) is 16.2. The van der Waals surface area contributed by atoms with Crippen molar-refractivity contribution in [3.05, 3.63) is 48.3 Å². The number of para-hydroxylation sites is 1. The van der Waals surface area contributed by atoms with Gasteiger partial charge in [-0.25, -0.2) is 4.98 Å². The van der Waals surface area contributed by atoms with Crippen molar-refractivity contribution < 1.29 is 5.11 Å². The Hall–Kier alpha value is -2.64. The maximum atomic E-state index is 10.4. The Bertz CT molecular complexity index is 830. The lowest BCUT2D eigenvalue weighted by Crippen LogP contribution is -2.34.